The van der Waals surface area contributed by atoms with Crippen LogP contribution in [0.2, 0.25) is 0 Å². The van der Waals surface area contributed by atoms with Gasteiger partial charge in [0.25, 0.3) is 0 Å². The molecule has 0 bridgehead atoms. The molecule has 3 unspecified atom stereocenters. The van der Waals surface area contributed by atoms with Crippen molar-refractivity contribution in [2.75, 3.05) is 39.6 Å². The van der Waals surface area contributed by atoms with Gasteiger partial charge in [-0.1, -0.05) is 363 Å². The van der Waals surface area contributed by atoms with Crippen LogP contribution in [0.1, 0.15) is 414 Å². The molecule has 3 N–H and O–H groups in total. The van der Waals surface area contributed by atoms with Crippen LogP contribution in [0.5, 0.6) is 0 Å². The minimum absolute atomic E-state index is 0.107. The van der Waals surface area contributed by atoms with Crippen molar-refractivity contribution in [1.29, 1.82) is 0 Å². The van der Waals surface area contributed by atoms with E-state index in [2.05, 4.69) is 41.5 Å². The number of unbranched alkanes of at least 4 members (excludes halogenated alkanes) is 47. The van der Waals surface area contributed by atoms with E-state index in [-0.39, 0.29) is 25.7 Å². The van der Waals surface area contributed by atoms with E-state index in [1.165, 1.54) is 225 Å². The molecule has 0 aromatic carbocycles. The van der Waals surface area contributed by atoms with Crippen molar-refractivity contribution in [3.8, 4) is 0 Å². The lowest BCUT2D eigenvalue weighted by Crippen LogP contribution is -2.30. The molecule has 0 aliphatic carbocycles. The molecule has 0 spiro atoms. The molecule has 0 fully saturated rings. The van der Waals surface area contributed by atoms with E-state index in [4.69, 9.17) is 37.0 Å². The molecule has 0 amide bonds. The Balaban J connectivity index is 5.21. The Morgan fingerprint density at radius 2 is 0.520 bits per heavy atom. The van der Waals surface area contributed by atoms with Gasteiger partial charge in [0, 0.05) is 25.7 Å². The zero-order chi connectivity index (χ0) is 72.1. The van der Waals surface area contributed by atoms with Crippen molar-refractivity contribution >= 4 is 39.5 Å². The highest BCUT2D eigenvalue weighted by Crippen LogP contribution is 2.45. The third-order valence-electron chi connectivity index (χ3n) is 18.8. The van der Waals surface area contributed by atoms with Gasteiger partial charge in [0.05, 0.1) is 26.4 Å². The summed E-state index contributed by atoms with van der Waals surface area (Å²) in [6.07, 6.45) is 59.7. The van der Waals surface area contributed by atoms with Crippen molar-refractivity contribution in [1.82, 2.24) is 0 Å². The lowest BCUT2D eigenvalue weighted by molar-refractivity contribution is -0.161. The fourth-order valence-electron chi connectivity index (χ4n) is 12.2. The molecule has 19 heteroatoms. The Labute approximate surface area is 600 Å². The van der Waals surface area contributed by atoms with Crippen LogP contribution in [-0.4, -0.2) is 96.7 Å². The van der Waals surface area contributed by atoms with Crippen molar-refractivity contribution < 1.29 is 80.2 Å². The molecule has 0 aliphatic rings. The summed E-state index contributed by atoms with van der Waals surface area (Å²) in [5, 5.41) is 10.6. The second kappa shape index (κ2) is 70.7. The third-order valence-corrected chi connectivity index (χ3v) is 20.7. The smallest absolute Gasteiger partial charge is 0.462 e. The van der Waals surface area contributed by atoms with Gasteiger partial charge in [-0.2, -0.15) is 0 Å². The highest BCUT2D eigenvalue weighted by atomic mass is 31.2. The molecule has 0 heterocycles. The predicted molar refractivity (Wildman–Crippen MR) is 400 cm³/mol. The first-order valence-electron chi connectivity index (χ1n) is 41.0. The number of aliphatic hydroxyl groups excluding tert-OH is 1. The molecule has 582 valence electrons. The van der Waals surface area contributed by atoms with Crippen molar-refractivity contribution in [3.05, 3.63) is 0 Å². The monoisotopic (exact) mass is 1440 g/mol. The van der Waals surface area contributed by atoms with Gasteiger partial charge < -0.3 is 33.8 Å². The summed E-state index contributed by atoms with van der Waals surface area (Å²) in [6, 6.07) is 0. The van der Waals surface area contributed by atoms with Crippen LogP contribution >= 0.6 is 15.6 Å². The number of hydrogen-bond acceptors (Lipinski definition) is 15. The highest BCUT2D eigenvalue weighted by Gasteiger charge is 2.30. The van der Waals surface area contributed by atoms with Gasteiger partial charge in [-0.15, -0.1) is 0 Å². The van der Waals surface area contributed by atoms with Crippen LogP contribution in [0.3, 0.4) is 0 Å². The molecule has 0 saturated heterocycles. The molecular formula is C79H154O17P2. The van der Waals surface area contributed by atoms with Crippen molar-refractivity contribution in [2.45, 2.75) is 432 Å². The molecule has 0 saturated carbocycles. The Hall–Kier alpha value is -1.94. The quantitative estimate of drug-likeness (QED) is 0.0222. The molecular weight excluding hydrogens is 1280 g/mol. The number of rotatable bonds is 78. The number of aliphatic hydroxyl groups is 1. The Bertz CT molecular complexity index is 1890. The molecule has 0 aromatic rings. The topological polar surface area (TPSA) is 237 Å². The van der Waals surface area contributed by atoms with Gasteiger partial charge >= 0.3 is 39.5 Å². The summed E-state index contributed by atoms with van der Waals surface area (Å²) in [5.41, 5.74) is 0. The van der Waals surface area contributed by atoms with Gasteiger partial charge in [-0.25, -0.2) is 9.13 Å². The van der Waals surface area contributed by atoms with Gasteiger partial charge in [-0.05, 0) is 37.5 Å². The first-order valence-corrected chi connectivity index (χ1v) is 44.0. The zero-order valence-corrected chi connectivity index (χ0v) is 65.9. The van der Waals surface area contributed by atoms with E-state index in [0.717, 1.165) is 102 Å². The van der Waals surface area contributed by atoms with Crippen LogP contribution < -0.4 is 0 Å². The summed E-state index contributed by atoms with van der Waals surface area (Å²) in [5.74, 6) is -0.598. The van der Waals surface area contributed by atoms with Crippen LogP contribution in [0.4, 0.5) is 0 Å². The standard InChI is InChI=1S/C79H154O17P2/c1-7-10-12-14-16-18-20-22-23-24-25-26-27-28-29-31-33-39-45-52-58-64-79(84)95-74(67-89-76(81)61-55-49-43-37-35-34-36-42-48-54-60-72(6)9-3)69-93-97(85,86)91-65-73(80)66-92-98(87,88)94-70-75(68-90-77(82)62-56-50-46-40-41-47-53-59-71(4)5)96-78(83)63-57-51-44-38-32-30-21-19-17-15-13-11-8-2/h71-75,80H,7-70H2,1-6H3,(H,85,86)(H,87,88)/t72?,73-,74-,75-/m1/s1. The van der Waals surface area contributed by atoms with Crippen LogP contribution in [0, 0.1) is 11.8 Å². The van der Waals surface area contributed by atoms with E-state index in [1.54, 1.807) is 0 Å². The van der Waals surface area contributed by atoms with E-state index in [0.29, 0.717) is 31.6 Å². The van der Waals surface area contributed by atoms with Crippen LogP contribution in [0.25, 0.3) is 0 Å². The van der Waals surface area contributed by atoms with Gasteiger partial charge in [0.15, 0.2) is 12.2 Å². The molecule has 98 heavy (non-hydrogen) atoms. The number of carbonyl (C=O) groups is 4. The van der Waals surface area contributed by atoms with Gasteiger partial charge in [-0.3, -0.25) is 37.3 Å². The third kappa shape index (κ3) is 71.1. The molecule has 0 aliphatic heterocycles. The molecule has 17 nitrogen and oxygen atoms in total. The SMILES string of the molecule is CCCCCCCCCCCCCCCCCCCCCCCC(=O)O[C@H](COC(=O)CCCCCCCCCCCCC(C)CC)COP(=O)(O)OC[C@@H](O)COP(=O)(O)OC[C@@H](COC(=O)CCCCCCCCCC(C)C)OC(=O)CCCCCCCCCCCCCCC. The summed E-state index contributed by atoms with van der Waals surface area (Å²) < 4.78 is 68.6. The fraction of sp³-hybridized carbons (Fsp3) is 0.949. The zero-order valence-electron chi connectivity index (χ0n) is 64.1. The summed E-state index contributed by atoms with van der Waals surface area (Å²) >= 11 is 0. The predicted octanol–water partition coefficient (Wildman–Crippen LogP) is 23.5. The Kier molecular flexibility index (Phi) is 69.3. The summed E-state index contributed by atoms with van der Waals surface area (Å²) in [6.45, 7) is 9.59. The van der Waals surface area contributed by atoms with Gasteiger partial charge in [0.2, 0.25) is 0 Å². The summed E-state index contributed by atoms with van der Waals surface area (Å²) in [7, 11) is -9.92. The maximum absolute atomic E-state index is 13.1. The second-order valence-electron chi connectivity index (χ2n) is 29.2. The average molecular weight is 1440 g/mol. The second-order valence-corrected chi connectivity index (χ2v) is 32.1. The number of ether oxygens (including phenoxy) is 4. The number of phosphoric acid groups is 2. The highest BCUT2D eigenvalue weighted by molar-refractivity contribution is 7.47. The molecule has 6 atom stereocenters. The minimum Gasteiger partial charge on any atom is -0.462 e. The van der Waals surface area contributed by atoms with Crippen LogP contribution in [0.15, 0.2) is 0 Å². The number of carbonyl (C=O) groups excluding carboxylic acids is 4. The maximum Gasteiger partial charge on any atom is 0.472 e. The Morgan fingerprint density at radius 3 is 0.776 bits per heavy atom. The number of phosphoric ester groups is 2. The maximum atomic E-state index is 13.1. The fourth-order valence-corrected chi connectivity index (χ4v) is 13.7. The first-order chi connectivity index (χ1) is 47.4. The average Bonchev–Trinajstić information content (AvgIpc) is 0.940. The lowest BCUT2D eigenvalue weighted by atomic mass is 9.99. The normalized spacial score (nSPS) is 14.2. The number of esters is 4. The first kappa shape index (κ1) is 96.1. The van der Waals surface area contributed by atoms with Crippen molar-refractivity contribution in [3.63, 3.8) is 0 Å². The Morgan fingerprint density at radius 1 is 0.296 bits per heavy atom. The molecule has 0 radical (unpaired) electrons. The molecule has 0 rings (SSSR count). The lowest BCUT2D eigenvalue weighted by Gasteiger charge is -2.21. The van der Waals surface area contributed by atoms with Gasteiger partial charge in [0.1, 0.15) is 19.3 Å². The van der Waals surface area contributed by atoms with Crippen molar-refractivity contribution in [2.24, 2.45) is 11.8 Å². The molecule has 0 aromatic heterocycles. The van der Waals surface area contributed by atoms with Crippen LogP contribution in [-0.2, 0) is 65.4 Å². The largest absolute Gasteiger partial charge is 0.472 e. The van der Waals surface area contributed by atoms with E-state index < -0.39 is 97.5 Å². The number of hydrogen-bond donors (Lipinski definition) is 3. The van der Waals surface area contributed by atoms with E-state index in [9.17, 15) is 43.2 Å². The van der Waals surface area contributed by atoms with E-state index >= 15 is 0 Å². The van der Waals surface area contributed by atoms with E-state index in [1.807, 2.05) is 0 Å². The minimum atomic E-state index is -4.96. The summed E-state index contributed by atoms with van der Waals surface area (Å²) in [4.78, 5) is 72.9.